The van der Waals surface area contributed by atoms with Crippen molar-refractivity contribution in [2.45, 2.75) is 24.7 Å². The molecule has 1 aliphatic rings. The normalized spacial score (nSPS) is 23.3. The molecule has 1 saturated heterocycles. The molecule has 2 atom stereocenters. The minimum atomic E-state index is -3.54. The second-order valence-corrected chi connectivity index (χ2v) is 6.27. The van der Waals surface area contributed by atoms with Crippen LogP contribution >= 0.6 is 0 Å². The Morgan fingerprint density at radius 1 is 1.65 bits per heavy atom. The van der Waals surface area contributed by atoms with Crippen LogP contribution in [0.1, 0.15) is 13.3 Å². The molecule has 0 aromatic heterocycles. The van der Waals surface area contributed by atoms with Crippen molar-refractivity contribution >= 4 is 10.0 Å². The number of sulfonamides is 1. The van der Waals surface area contributed by atoms with E-state index in [1.807, 2.05) is 6.07 Å². The number of rotatable bonds is 5. The maximum atomic E-state index is 12.0. The van der Waals surface area contributed by atoms with Gasteiger partial charge < -0.3 is 10.1 Å². The van der Waals surface area contributed by atoms with Gasteiger partial charge in [0.25, 0.3) is 0 Å². The summed E-state index contributed by atoms with van der Waals surface area (Å²) in [5.74, 6) is 0. The summed E-state index contributed by atoms with van der Waals surface area (Å²) in [4.78, 5) is 0. The summed E-state index contributed by atoms with van der Waals surface area (Å²) in [6.07, 6.45) is 0.159. The van der Waals surface area contributed by atoms with E-state index in [1.165, 1.54) is 11.4 Å². The fourth-order valence-electron chi connectivity index (χ4n) is 1.71. The van der Waals surface area contributed by atoms with E-state index in [0.29, 0.717) is 19.6 Å². The molecule has 6 nitrogen and oxygen atoms in total. The lowest BCUT2D eigenvalue weighted by atomic mass is 10.3. The predicted molar refractivity (Wildman–Crippen MR) is 63.9 cm³/mol. The van der Waals surface area contributed by atoms with Crippen LogP contribution in [0, 0.1) is 11.3 Å². The summed E-state index contributed by atoms with van der Waals surface area (Å²) < 4.78 is 30.7. The van der Waals surface area contributed by atoms with Gasteiger partial charge in [-0.15, -0.1) is 0 Å². The molecule has 1 heterocycles. The third kappa shape index (κ3) is 3.64. The third-order valence-electron chi connectivity index (χ3n) is 2.77. The molecule has 1 fully saturated rings. The van der Waals surface area contributed by atoms with Crippen molar-refractivity contribution in [3.05, 3.63) is 0 Å². The molecule has 7 heteroatoms. The van der Waals surface area contributed by atoms with Crippen LogP contribution < -0.4 is 5.32 Å². The Bertz CT molecular complexity index is 371. The van der Waals surface area contributed by atoms with E-state index in [1.54, 1.807) is 6.92 Å². The van der Waals surface area contributed by atoms with E-state index in [-0.39, 0.29) is 12.6 Å². The Morgan fingerprint density at radius 2 is 2.35 bits per heavy atom. The van der Waals surface area contributed by atoms with Gasteiger partial charge in [-0.05, 0) is 6.42 Å². The number of morpholine rings is 1. The van der Waals surface area contributed by atoms with Crippen LogP contribution in [0.3, 0.4) is 0 Å². The van der Waals surface area contributed by atoms with Gasteiger partial charge in [-0.25, -0.2) is 12.7 Å². The van der Waals surface area contributed by atoms with Crippen LogP contribution in [0.4, 0.5) is 0 Å². The Labute approximate surface area is 103 Å². The average molecular weight is 261 g/mol. The van der Waals surface area contributed by atoms with E-state index in [4.69, 9.17) is 10.00 Å². The molecule has 1 rings (SSSR count). The lowest BCUT2D eigenvalue weighted by Crippen LogP contribution is -2.47. The predicted octanol–water partition coefficient (Wildman–Crippen LogP) is -0.461. The highest BCUT2D eigenvalue weighted by molar-refractivity contribution is 7.89. The van der Waals surface area contributed by atoms with Crippen LogP contribution in [-0.4, -0.2) is 57.4 Å². The van der Waals surface area contributed by atoms with E-state index < -0.39 is 15.3 Å². The molecule has 0 radical (unpaired) electrons. The Hall–Kier alpha value is -0.680. The van der Waals surface area contributed by atoms with Crippen LogP contribution in [0.5, 0.6) is 0 Å². The van der Waals surface area contributed by atoms with Gasteiger partial charge in [-0.3, -0.25) is 0 Å². The van der Waals surface area contributed by atoms with Gasteiger partial charge in [0.1, 0.15) is 0 Å². The third-order valence-corrected chi connectivity index (χ3v) is 4.95. The minimum Gasteiger partial charge on any atom is -0.374 e. The zero-order valence-electron chi connectivity index (χ0n) is 10.2. The first-order valence-electron chi connectivity index (χ1n) is 5.69. The van der Waals surface area contributed by atoms with Crippen molar-refractivity contribution in [3.8, 4) is 6.07 Å². The van der Waals surface area contributed by atoms with Crippen molar-refractivity contribution in [1.29, 1.82) is 5.26 Å². The Morgan fingerprint density at radius 3 is 2.82 bits per heavy atom. The summed E-state index contributed by atoms with van der Waals surface area (Å²) in [5.41, 5.74) is 0. The average Bonchev–Trinajstić information content (AvgIpc) is 2.31. The zero-order valence-corrected chi connectivity index (χ0v) is 11.0. The number of hydrogen-bond donors (Lipinski definition) is 1. The number of nitriles is 1. The molecule has 0 bridgehead atoms. The van der Waals surface area contributed by atoms with Crippen molar-refractivity contribution in [2.75, 3.05) is 33.3 Å². The SMILES string of the molecule is CCC(C#N)S(=O)(=O)N(C)CC1CNCCO1. The highest BCUT2D eigenvalue weighted by Gasteiger charge is 2.30. The van der Waals surface area contributed by atoms with Gasteiger partial charge in [0.2, 0.25) is 10.0 Å². The van der Waals surface area contributed by atoms with Crippen LogP contribution in [0.15, 0.2) is 0 Å². The fraction of sp³-hybridized carbons (Fsp3) is 0.900. The van der Waals surface area contributed by atoms with Crippen molar-refractivity contribution in [3.63, 3.8) is 0 Å². The largest absolute Gasteiger partial charge is 0.374 e. The van der Waals surface area contributed by atoms with Crippen molar-refractivity contribution in [1.82, 2.24) is 9.62 Å². The lowest BCUT2D eigenvalue weighted by molar-refractivity contribution is 0.0206. The smallest absolute Gasteiger partial charge is 0.230 e. The minimum absolute atomic E-state index is 0.139. The molecule has 98 valence electrons. The maximum Gasteiger partial charge on any atom is 0.230 e. The monoisotopic (exact) mass is 261 g/mol. The molecule has 0 aromatic rings. The quantitative estimate of drug-likeness (QED) is 0.724. The van der Waals surface area contributed by atoms with E-state index in [2.05, 4.69) is 5.32 Å². The van der Waals surface area contributed by atoms with Gasteiger partial charge in [0.15, 0.2) is 5.25 Å². The number of hydrogen-bond acceptors (Lipinski definition) is 5. The van der Waals surface area contributed by atoms with Crippen molar-refractivity contribution < 1.29 is 13.2 Å². The molecule has 0 saturated carbocycles. The topological polar surface area (TPSA) is 82.4 Å². The first kappa shape index (κ1) is 14.4. The summed E-state index contributed by atoms with van der Waals surface area (Å²) in [6, 6.07) is 1.82. The fourth-order valence-corrected chi connectivity index (χ4v) is 3.08. The summed E-state index contributed by atoms with van der Waals surface area (Å²) in [7, 11) is -2.04. The summed E-state index contributed by atoms with van der Waals surface area (Å²) >= 11 is 0. The maximum absolute atomic E-state index is 12.0. The second-order valence-electron chi connectivity index (χ2n) is 4.05. The number of nitrogens with one attached hydrogen (secondary N) is 1. The van der Waals surface area contributed by atoms with E-state index >= 15 is 0 Å². The lowest BCUT2D eigenvalue weighted by Gasteiger charge is -2.28. The molecular weight excluding hydrogens is 242 g/mol. The van der Waals surface area contributed by atoms with Gasteiger partial charge in [0, 0.05) is 26.7 Å². The molecule has 0 aliphatic carbocycles. The molecule has 1 N–H and O–H groups in total. The van der Waals surface area contributed by atoms with Crippen LogP contribution in [-0.2, 0) is 14.8 Å². The van der Waals surface area contributed by atoms with Gasteiger partial charge in [-0.1, -0.05) is 6.92 Å². The zero-order chi connectivity index (χ0) is 12.9. The second kappa shape index (κ2) is 6.31. The molecular formula is C10H19N3O3S. The van der Waals surface area contributed by atoms with Crippen molar-refractivity contribution in [2.24, 2.45) is 0 Å². The van der Waals surface area contributed by atoms with E-state index in [9.17, 15) is 8.42 Å². The van der Waals surface area contributed by atoms with E-state index in [0.717, 1.165) is 6.54 Å². The van der Waals surface area contributed by atoms with Gasteiger partial charge in [0.05, 0.1) is 18.8 Å². The molecule has 0 aromatic carbocycles. The van der Waals surface area contributed by atoms with Crippen LogP contribution in [0.2, 0.25) is 0 Å². The standard InChI is InChI=1S/C10H19N3O3S/c1-3-10(6-11)17(14,15)13(2)8-9-7-12-4-5-16-9/h9-10,12H,3-5,7-8H2,1-2H3. The van der Waals surface area contributed by atoms with Crippen LogP contribution in [0.25, 0.3) is 0 Å². The Balaban J connectivity index is 2.62. The number of nitrogens with zero attached hydrogens (tertiary/aromatic N) is 2. The summed E-state index contributed by atoms with van der Waals surface area (Å²) in [5, 5.41) is 11.0. The summed E-state index contributed by atoms with van der Waals surface area (Å²) in [6.45, 7) is 4.01. The number of ether oxygens (including phenoxy) is 1. The Kier molecular flexibility index (Phi) is 5.33. The van der Waals surface area contributed by atoms with Gasteiger partial charge >= 0.3 is 0 Å². The molecule has 1 aliphatic heterocycles. The highest BCUT2D eigenvalue weighted by Crippen LogP contribution is 2.11. The highest BCUT2D eigenvalue weighted by atomic mass is 32.2. The molecule has 0 spiro atoms. The van der Waals surface area contributed by atoms with Gasteiger partial charge in [-0.2, -0.15) is 5.26 Å². The molecule has 0 amide bonds. The first-order chi connectivity index (χ1) is 8.02. The molecule has 2 unspecified atom stereocenters. The number of likely N-dealkylation sites (N-methyl/N-ethyl adjacent to an activating group) is 1. The molecule has 17 heavy (non-hydrogen) atoms. The first-order valence-corrected chi connectivity index (χ1v) is 7.19.